The van der Waals surface area contributed by atoms with Crippen molar-refractivity contribution in [1.82, 2.24) is 19.7 Å². The number of thioether (sulfide) groups is 1. The molecule has 0 fully saturated rings. The number of hydrogen-bond acceptors (Lipinski definition) is 6. The van der Waals surface area contributed by atoms with E-state index in [2.05, 4.69) is 20.5 Å². The molecule has 8 nitrogen and oxygen atoms in total. The van der Waals surface area contributed by atoms with Gasteiger partial charge < -0.3 is 10.2 Å². The van der Waals surface area contributed by atoms with Crippen LogP contribution in [0.4, 0.5) is 15.8 Å². The second-order valence-electron chi connectivity index (χ2n) is 8.02. The maximum atomic E-state index is 13.6. The summed E-state index contributed by atoms with van der Waals surface area (Å²) in [5, 5.41) is 12.0. The van der Waals surface area contributed by atoms with Crippen LogP contribution >= 0.6 is 11.8 Å². The molecule has 176 valence electrons. The minimum Gasteiger partial charge on any atom is -0.324 e. The summed E-state index contributed by atoms with van der Waals surface area (Å²) >= 11 is 1.23. The molecule has 0 unspecified atom stereocenters. The highest BCUT2D eigenvalue weighted by molar-refractivity contribution is 7.99. The smallest absolute Gasteiger partial charge is 0.237 e. The van der Waals surface area contributed by atoms with E-state index in [1.165, 1.54) is 23.9 Å². The summed E-state index contributed by atoms with van der Waals surface area (Å²) in [5.74, 6) is -0.0230. The van der Waals surface area contributed by atoms with Crippen molar-refractivity contribution in [1.29, 1.82) is 0 Å². The fourth-order valence-corrected chi connectivity index (χ4v) is 4.85. The molecule has 3 heterocycles. The van der Waals surface area contributed by atoms with E-state index in [1.54, 1.807) is 40.1 Å². The highest BCUT2D eigenvalue weighted by Crippen LogP contribution is 2.33. The maximum Gasteiger partial charge on any atom is 0.237 e. The molecule has 4 aromatic rings. The first-order valence-electron chi connectivity index (χ1n) is 11.0. The highest BCUT2D eigenvalue weighted by atomic mass is 32.2. The predicted molar refractivity (Wildman–Crippen MR) is 132 cm³/mol. The van der Waals surface area contributed by atoms with Crippen LogP contribution in [0.25, 0.3) is 17.1 Å². The van der Waals surface area contributed by atoms with Crippen molar-refractivity contribution < 1.29 is 14.0 Å². The number of pyridine rings is 1. The first-order valence-corrected chi connectivity index (χ1v) is 12.0. The van der Waals surface area contributed by atoms with Gasteiger partial charge in [0.25, 0.3) is 0 Å². The van der Waals surface area contributed by atoms with Crippen molar-refractivity contribution in [2.75, 3.05) is 16.0 Å². The second kappa shape index (κ2) is 9.67. The van der Waals surface area contributed by atoms with Crippen LogP contribution in [0.3, 0.4) is 0 Å². The van der Waals surface area contributed by atoms with E-state index >= 15 is 0 Å². The van der Waals surface area contributed by atoms with Crippen LogP contribution in [0.1, 0.15) is 13.3 Å². The van der Waals surface area contributed by atoms with Crippen molar-refractivity contribution in [3.63, 3.8) is 0 Å². The zero-order valence-corrected chi connectivity index (χ0v) is 19.6. The summed E-state index contributed by atoms with van der Waals surface area (Å²) in [4.78, 5) is 31.4. The molecule has 1 aliphatic rings. The lowest BCUT2D eigenvalue weighted by molar-refractivity contribution is -0.117. The number of halogens is 1. The number of aromatic nitrogens is 4. The maximum absolute atomic E-state index is 13.6. The van der Waals surface area contributed by atoms with Crippen molar-refractivity contribution in [3.8, 4) is 17.1 Å². The zero-order valence-electron chi connectivity index (χ0n) is 18.8. The standard InChI is InChI=1S/C25H21FN6O2S/c1-16-14-22(33)28-20-4-2-3-5-21(20)31(16)23(34)15-35-25-30-29-24(17-10-12-27-13-11-17)32(25)19-8-6-18(26)7-9-19/h2-13,16H,14-15H2,1H3,(H,28,33)/t16-/m1/s1. The SMILES string of the molecule is C[C@@H]1CC(=O)Nc2ccccc2N1C(=O)CSc1nnc(-c2ccncc2)n1-c1ccc(F)cc1. The van der Waals surface area contributed by atoms with Crippen LogP contribution in [0.2, 0.25) is 0 Å². The Morgan fingerprint density at radius 1 is 1.09 bits per heavy atom. The number of nitrogens with zero attached hydrogens (tertiary/aromatic N) is 5. The molecular weight excluding hydrogens is 467 g/mol. The van der Waals surface area contributed by atoms with Gasteiger partial charge in [-0.3, -0.25) is 19.1 Å². The Bertz CT molecular complexity index is 1380. The number of hydrogen-bond donors (Lipinski definition) is 1. The molecule has 1 aliphatic heterocycles. The molecule has 0 radical (unpaired) electrons. The Morgan fingerprint density at radius 2 is 1.83 bits per heavy atom. The summed E-state index contributed by atoms with van der Waals surface area (Å²) in [6.45, 7) is 1.85. The Morgan fingerprint density at radius 3 is 2.60 bits per heavy atom. The lowest BCUT2D eigenvalue weighted by atomic mass is 10.2. The summed E-state index contributed by atoms with van der Waals surface area (Å²) in [6.07, 6.45) is 3.51. The molecular formula is C25H21FN6O2S. The third kappa shape index (κ3) is 4.65. The van der Waals surface area contributed by atoms with Gasteiger partial charge >= 0.3 is 0 Å². The number of carbonyl (C=O) groups excluding carboxylic acids is 2. The average molecular weight is 489 g/mol. The van der Waals surface area contributed by atoms with Crippen molar-refractivity contribution in [2.45, 2.75) is 24.5 Å². The van der Waals surface area contributed by atoms with E-state index in [-0.39, 0.29) is 35.8 Å². The number of benzene rings is 2. The van der Waals surface area contributed by atoms with Crippen LogP contribution < -0.4 is 10.2 Å². The van der Waals surface area contributed by atoms with Crippen molar-refractivity contribution >= 4 is 35.0 Å². The van der Waals surface area contributed by atoms with E-state index in [0.717, 1.165) is 5.56 Å². The van der Waals surface area contributed by atoms with Gasteiger partial charge in [0.15, 0.2) is 11.0 Å². The van der Waals surface area contributed by atoms with Crippen LogP contribution in [0, 0.1) is 5.82 Å². The number of nitrogens with one attached hydrogen (secondary N) is 1. The Labute approximate surface area is 205 Å². The highest BCUT2D eigenvalue weighted by Gasteiger charge is 2.30. The van der Waals surface area contributed by atoms with Gasteiger partial charge in [0.2, 0.25) is 11.8 Å². The Balaban J connectivity index is 1.46. The lowest BCUT2D eigenvalue weighted by Crippen LogP contribution is -2.40. The molecule has 5 rings (SSSR count). The second-order valence-corrected chi connectivity index (χ2v) is 8.97. The number of anilines is 2. The topological polar surface area (TPSA) is 93.0 Å². The minimum atomic E-state index is -0.353. The van der Waals surface area contributed by atoms with Crippen LogP contribution in [-0.2, 0) is 9.59 Å². The van der Waals surface area contributed by atoms with Gasteiger partial charge in [-0.05, 0) is 55.5 Å². The van der Waals surface area contributed by atoms with Crippen molar-refractivity contribution in [2.24, 2.45) is 0 Å². The largest absolute Gasteiger partial charge is 0.324 e. The molecule has 2 aromatic carbocycles. The summed E-state index contributed by atoms with van der Waals surface area (Å²) < 4.78 is 15.4. The number of carbonyl (C=O) groups is 2. The quantitative estimate of drug-likeness (QED) is 0.421. The van der Waals surface area contributed by atoms with Crippen LogP contribution in [-0.4, -0.2) is 43.4 Å². The molecule has 10 heteroatoms. The lowest BCUT2D eigenvalue weighted by Gasteiger charge is -2.27. The number of rotatable bonds is 5. The Kier molecular flexibility index (Phi) is 6.28. The Hall–Kier alpha value is -4.05. The molecule has 2 aromatic heterocycles. The van der Waals surface area contributed by atoms with E-state index in [9.17, 15) is 14.0 Å². The fourth-order valence-electron chi connectivity index (χ4n) is 4.04. The molecule has 35 heavy (non-hydrogen) atoms. The monoisotopic (exact) mass is 488 g/mol. The van der Waals surface area contributed by atoms with Crippen molar-refractivity contribution in [3.05, 3.63) is 78.9 Å². The summed E-state index contributed by atoms with van der Waals surface area (Å²) in [6, 6.07) is 16.6. The van der Waals surface area contributed by atoms with Gasteiger partial charge in [-0.1, -0.05) is 23.9 Å². The van der Waals surface area contributed by atoms with E-state index in [4.69, 9.17) is 0 Å². The summed E-state index contributed by atoms with van der Waals surface area (Å²) in [7, 11) is 0. The van der Waals surface area contributed by atoms with Gasteiger partial charge in [-0.25, -0.2) is 4.39 Å². The molecule has 0 bridgehead atoms. The average Bonchev–Trinajstić information content (AvgIpc) is 3.23. The van der Waals surface area contributed by atoms with Gasteiger partial charge in [-0.15, -0.1) is 10.2 Å². The molecule has 0 spiro atoms. The number of para-hydroxylation sites is 2. The van der Waals surface area contributed by atoms with Gasteiger partial charge in [-0.2, -0.15) is 0 Å². The fraction of sp³-hybridized carbons (Fsp3) is 0.160. The minimum absolute atomic E-state index is 0.0720. The molecule has 0 saturated carbocycles. The number of fused-ring (bicyclic) bond motifs is 1. The zero-order chi connectivity index (χ0) is 24.4. The van der Waals surface area contributed by atoms with E-state index in [0.29, 0.717) is 28.0 Å². The number of amides is 2. The third-order valence-corrected chi connectivity index (χ3v) is 6.52. The molecule has 0 saturated heterocycles. The van der Waals surface area contributed by atoms with Crippen LogP contribution in [0.15, 0.2) is 78.2 Å². The van der Waals surface area contributed by atoms with Gasteiger partial charge in [0, 0.05) is 36.1 Å². The van der Waals surface area contributed by atoms with E-state index in [1.807, 2.05) is 37.3 Å². The predicted octanol–water partition coefficient (Wildman–Crippen LogP) is 4.32. The van der Waals surface area contributed by atoms with Gasteiger partial charge in [0.1, 0.15) is 5.82 Å². The first-order chi connectivity index (χ1) is 17.0. The normalized spacial score (nSPS) is 15.3. The van der Waals surface area contributed by atoms with Gasteiger partial charge in [0.05, 0.1) is 17.1 Å². The molecule has 1 atom stereocenters. The van der Waals surface area contributed by atoms with E-state index < -0.39 is 0 Å². The van der Waals surface area contributed by atoms with Crippen LogP contribution in [0.5, 0.6) is 0 Å². The first kappa shape index (κ1) is 22.7. The molecule has 1 N–H and O–H groups in total. The summed E-state index contributed by atoms with van der Waals surface area (Å²) in [5.41, 5.74) is 2.72. The molecule has 0 aliphatic carbocycles. The molecule has 2 amide bonds. The third-order valence-electron chi connectivity index (χ3n) is 5.61.